The zero-order valence-electron chi connectivity index (χ0n) is 19.5. The Bertz CT molecular complexity index is 1200. The van der Waals surface area contributed by atoms with Gasteiger partial charge in [0.15, 0.2) is 11.5 Å². The molecule has 1 heterocycles. The molecule has 4 N–H and O–H groups in total. The Morgan fingerprint density at radius 2 is 1.94 bits per heavy atom. The number of anilines is 2. The number of rotatable bonds is 10. The van der Waals surface area contributed by atoms with Gasteiger partial charge in [0.1, 0.15) is 0 Å². The first-order valence-corrected chi connectivity index (χ1v) is 11.8. The summed E-state index contributed by atoms with van der Waals surface area (Å²) in [4.78, 5) is 24.4. The second-order valence-corrected chi connectivity index (χ2v) is 9.08. The monoisotopic (exact) mass is 475 g/mol. The highest BCUT2D eigenvalue weighted by Crippen LogP contribution is 2.42. The van der Waals surface area contributed by atoms with E-state index in [4.69, 9.17) is 15.2 Å². The first-order chi connectivity index (χ1) is 17.0. The fourth-order valence-corrected chi connectivity index (χ4v) is 4.55. The summed E-state index contributed by atoms with van der Waals surface area (Å²) in [5.74, 6) is 1.47. The lowest BCUT2D eigenvalue weighted by atomic mass is 9.87. The number of primary amides is 1. The molecule has 2 aromatic rings. The molecule has 0 atom stereocenters. The molecule has 2 aliphatic carbocycles. The molecule has 182 valence electrons. The molecular formula is C26H29N5O4. The quantitative estimate of drug-likeness (QED) is 0.359. The number of hydrogen-bond acceptors (Lipinski definition) is 7. The number of carbonyl (C=O) groups excluding carboxylic acids is 2. The van der Waals surface area contributed by atoms with Gasteiger partial charge in [-0.05, 0) is 73.5 Å². The van der Waals surface area contributed by atoms with Gasteiger partial charge in [0.25, 0.3) is 0 Å². The summed E-state index contributed by atoms with van der Waals surface area (Å²) in [6.45, 7) is 5.09. The van der Waals surface area contributed by atoms with E-state index < -0.39 is 5.91 Å². The molecule has 0 aromatic heterocycles. The molecule has 0 unspecified atom stereocenters. The first kappa shape index (κ1) is 22.9. The van der Waals surface area contributed by atoms with Crippen molar-refractivity contribution < 1.29 is 19.1 Å². The minimum atomic E-state index is -0.415. The molecule has 0 spiro atoms. The second-order valence-electron chi connectivity index (χ2n) is 9.08. The van der Waals surface area contributed by atoms with Gasteiger partial charge in [0.05, 0.1) is 17.9 Å². The standard InChI is InChI=1S/C26H29N5O4/c1-28-31(20-8-9-22-23(12-20)35-15-34-22)26-18(10-24(27)32)5-4-17-6-7-19(11-21(17)26)30-25(33)14-29-13-16-2-3-16/h6-9,11-12,16,29H,1-5,10,13-15H2,(H2,27,32)(H,30,33). The minimum Gasteiger partial charge on any atom is -0.454 e. The zero-order chi connectivity index (χ0) is 24.4. The Labute approximate surface area is 204 Å². The smallest absolute Gasteiger partial charge is 0.238 e. The summed E-state index contributed by atoms with van der Waals surface area (Å²) in [7, 11) is 0. The molecule has 0 bridgehead atoms. The highest BCUT2D eigenvalue weighted by atomic mass is 16.7. The van der Waals surface area contributed by atoms with E-state index in [-0.39, 0.29) is 25.7 Å². The Hall–Kier alpha value is -3.85. The number of aryl methyl sites for hydroxylation is 1. The minimum absolute atomic E-state index is 0.0984. The van der Waals surface area contributed by atoms with Gasteiger partial charge in [-0.1, -0.05) is 6.07 Å². The van der Waals surface area contributed by atoms with Crippen LogP contribution in [-0.4, -0.2) is 38.4 Å². The second kappa shape index (κ2) is 9.79. The average Bonchev–Trinajstić information content (AvgIpc) is 3.54. The fourth-order valence-electron chi connectivity index (χ4n) is 4.55. The van der Waals surface area contributed by atoms with E-state index in [2.05, 4.69) is 22.5 Å². The third kappa shape index (κ3) is 5.14. The number of nitrogens with two attached hydrogens (primary N) is 1. The Kier molecular flexibility index (Phi) is 6.41. The highest BCUT2D eigenvalue weighted by Gasteiger charge is 2.27. The van der Waals surface area contributed by atoms with Gasteiger partial charge in [-0.2, -0.15) is 5.10 Å². The molecule has 0 saturated heterocycles. The number of hydrazone groups is 1. The van der Waals surface area contributed by atoms with Crippen LogP contribution in [0, 0.1) is 5.92 Å². The van der Waals surface area contributed by atoms with Gasteiger partial charge >= 0.3 is 0 Å². The van der Waals surface area contributed by atoms with Crippen molar-refractivity contribution in [1.29, 1.82) is 0 Å². The predicted molar refractivity (Wildman–Crippen MR) is 134 cm³/mol. The van der Waals surface area contributed by atoms with E-state index >= 15 is 0 Å². The van der Waals surface area contributed by atoms with Crippen molar-refractivity contribution >= 4 is 35.6 Å². The maximum Gasteiger partial charge on any atom is 0.238 e. The van der Waals surface area contributed by atoms with Crippen LogP contribution in [0.1, 0.15) is 36.8 Å². The summed E-state index contributed by atoms with van der Waals surface area (Å²) in [6, 6.07) is 11.3. The van der Waals surface area contributed by atoms with Crippen LogP contribution >= 0.6 is 0 Å². The molecule has 2 amide bonds. The molecule has 3 aliphatic rings. The number of carbonyl (C=O) groups is 2. The summed E-state index contributed by atoms with van der Waals surface area (Å²) in [6.07, 6.45) is 4.00. The van der Waals surface area contributed by atoms with Crippen LogP contribution in [0.5, 0.6) is 11.5 Å². The lowest BCUT2D eigenvalue weighted by Crippen LogP contribution is -2.29. The molecule has 9 heteroatoms. The van der Waals surface area contributed by atoms with Crippen LogP contribution in [-0.2, 0) is 16.0 Å². The number of nitrogens with zero attached hydrogens (tertiary/aromatic N) is 2. The zero-order valence-corrected chi connectivity index (χ0v) is 19.5. The van der Waals surface area contributed by atoms with Crippen molar-refractivity contribution in [2.24, 2.45) is 16.8 Å². The van der Waals surface area contributed by atoms with Crippen molar-refractivity contribution in [2.75, 3.05) is 30.2 Å². The molecule has 0 radical (unpaired) electrons. The van der Waals surface area contributed by atoms with Crippen molar-refractivity contribution in [1.82, 2.24) is 5.32 Å². The maximum absolute atomic E-state index is 12.5. The van der Waals surface area contributed by atoms with E-state index in [0.29, 0.717) is 35.2 Å². The van der Waals surface area contributed by atoms with Crippen LogP contribution in [0.2, 0.25) is 0 Å². The Balaban J connectivity index is 1.47. The van der Waals surface area contributed by atoms with Gasteiger partial charge < -0.3 is 25.8 Å². The number of nitrogens with one attached hydrogen (secondary N) is 2. The molecule has 5 rings (SSSR count). The summed E-state index contributed by atoms with van der Waals surface area (Å²) in [5.41, 5.74) is 10.5. The number of fused-ring (bicyclic) bond motifs is 2. The Morgan fingerprint density at radius 3 is 2.71 bits per heavy atom. The largest absolute Gasteiger partial charge is 0.454 e. The first-order valence-electron chi connectivity index (χ1n) is 11.8. The van der Waals surface area contributed by atoms with Crippen molar-refractivity contribution in [3.05, 3.63) is 53.1 Å². The van der Waals surface area contributed by atoms with Gasteiger partial charge in [0, 0.05) is 30.5 Å². The van der Waals surface area contributed by atoms with E-state index in [0.717, 1.165) is 35.4 Å². The number of amides is 2. The molecule has 1 saturated carbocycles. The number of benzene rings is 2. The Morgan fingerprint density at radius 1 is 1.11 bits per heavy atom. The van der Waals surface area contributed by atoms with E-state index in [1.54, 1.807) is 5.01 Å². The van der Waals surface area contributed by atoms with Crippen molar-refractivity contribution in [3.8, 4) is 11.5 Å². The average molecular weight is 476 g/mol. The molecular weight excluding hydrogens is 446 g/mol. The molecule has 1 aliphatic heterocycles. The molecule has 2 aromatic carbocycles. The van der Waals surface area contributed by atoms with E-state index in [9.17, 15) is 9.59 Å². The van der Waals surface area contributed by atoms with Gasteiger partial charge in [-0.3, -0.25) is 9.59 Å². The fraction of sp³-hybridized carbons (Fsp3) is 0.346. The maximum atomic E-state index is 12.5. The third-order valence-electron chi connectivity index (χ3n) is 6.44. The van der Waals surface area contributed by atoms with Crippen molar-refractivity contribution in [2.45, 2.75) is 32.1 Å². The topological polar surface area (TPSA) is 118 Å². The summed E-state index contributed by atoms with van der Waals surface area (Å²) in [5, 5.41) is 12.2. The van der Waals surface area contributed by atoms with Gasteiger partial charge in [-0.15, -0.1) is 0 Å². The number of ether oxygens (including phenoxy) is 2. The molecule has 9 nitrogen and oxygen atoms in total. The number of hydrogen-bond donors (Lipinski definition) is 3. The van der Waals surface area contributed by atoms with E-state index in [1.807, 2.05) is 36.4 Å². The van der Waals surface area contributed by atoms with Crippen molar-refractivity contribution in [3.63, 3.8) is 0 Å². The van der Waals surface area contributed by atoms with Crippen LogP contribution in [0.4, 0.5) is 11.4 Å². The lowest BCUT2D eigenvalue weighted by molar-refractivity contribution is -0.117. The third-order valence-corrected chi connectivity index (χ3v) is 6.44. The van der Waals surface area contributed by atoms with E-state index in [1.165, 1.54) is 12.8 Å². The summed E-state index contributed by atoms with van der Waals surface area (Å²) >= 11 is 0. The van der Waals surface area contributed by atoms with Crippen LogP contribution in [0.25, 0.3) is 5.70 Å². The lowest BCUT2D eigenvalue weighted by Gasteiger charge is -2.30. The highest BCUT2D eigenvalue weighted by molar-refractivity contribution is 5.94. The van der Waals surface area contributed by atoms with Crippen LogP contribution < -0.4 is 30.8 Å². The molecule has 35 heavy (non-hydrogen) atoms. The van der Waals surface area contributed by atoms with Gasteiger partial charge in [-0.25, -0.2) is 5.01 Å². The normalized spacial score (nSPS) is 16.0. The predicted octanol–water partition coefficient (Wildman–Crippen LogP) is 3.01. The molecule has 1 fully saturated rings. The SMILES string of the molecule is C=NN(C1=C(CC(N)=O)CCc2ccc(NC(=O)CNCC3CC3)cc21)c1ccc2c(c1)OCO2. The summed E-state index contributed by atoms with van der Waals surface area (Å²) < 4.78 is 11.0. The van der Waals surface area contributed by atoms with Crippen LogP contribution in [0.15, 0.2) is 47.1 Å². The van der Waals surface area contributed by atoms with Crippen LogP contribution in [0.3, 0.4) is 0 Å². The van der Waals surface area contributed by atoms with Gasteiger partial charge in [0.2, 0.25) is 18.6 Å².